The predicted molar refractivity (Wildman–Crippen MR) is 72.6 cm³/mol. The molecule has 1 aliphatic heterocycles. The monoisotopic (exact) mass is 259 g/mol. The van der Waals surface area contributed by atoms with Crippen molar-refractivity contribution in [1.29, 1.82) is 0 Å². The Morgan fingerprint density at radius 3 is 2.82 bits per heavy atom. The Balaban J connectivity index is 1.83. The fourth-order valence-corrected chi connectivity index (χ4v) is 4.75. The molecule has 3 nitrogen and oxygen atoms in total. The highest BCUT2D eigenvalue weighted by atomic mass is 32.2. The van der Waals surface area contributed by atoms with Crippen molar-refractivity contribution in [2.45, 2.75) is 43.0 Å². The first kappa shape index (κ1) is 13.7. The van der Waals surface area contributed by atoms with Gasteiger partial charge in [-0.2, -0.15) is 11.8 Å². The zero-order chi connectivity index (χ0) is 12.1. The average molecular weight is 259 g/mol. The van der Waals surface area contributed by atoms with Gasteiger partial charge in [0.15, 0.2) is 0 Å². The summed E-state index contributed by atoms with van der Waals surface area (Å²) in [5.41, 5.74) is 0. The van der Waals surface area contributed by atoms with Crippen LogP contribution < -0.4 is 0 Å². The van der Waals surface area contributed by atoms with E-state index >= 15 is 0 Å². The molecule has 1 heterocycles. The van der Waals surface area contributed by atoms with Crippen LogP contribution in [0, 0.1) is 0 Å². The quantitative estimate of drug-likeness (QED) is 0.834. The van der Waals surface area contributed by atoms with Crippen LogP contribution >= 0.6 is 11.8 Å². The Bertz CT molecular complexity index is 226. The molecule has 1 saturated carbocycles. The van der Waals surface area contributed by atoms with Crippen molar-refractivity contribution >= 4 is 11.8 Å². The first-order chi connectivity index (χ1) is 8.24. The van der Waals surface area contributed by atoms with Crippen LogP contribution in [0.3, 0.4) is 0 Å². The van der Waals surface area contributed by atoms with Gasteiger partial charge in [-0.25, -0.2) is 0 Å². The number of aliphatic hydroxyl groups excluding tert-OH is 1. The molecular weight excluding hydrogens is 234 g/mol. The summed E-state index contributed by atoms with van der Waals surface area (Å²) in [7, 11) is 1.65. The van der Waals surface area contributed by atoms with Gasteiger partial charge < -0.3 is 9.84 Å². The van der Waals surface area contributed by atoms with Crippen LogP contribution in [-0.2, 0) is 4.74 Å². The Kier molecular flexibility index (Phi) is 5.15. The second-order valence-electron chi connectivity index (χ2n) is 5.44. The maximum atomic E-state index is 9.81. The van der Waals surface area contributed by atoms with Crippen LogP contribution in [0.1, 0.15) is 32.1 Å². The van der Waals surface area contributed by atoms with Crippen molar-refractivity contribution in [3.63, 3.8) is 0 Å². The predicted octanol–water partition coefficient (Wildman–Crippen LogP) is 1.75. The lowest BCUT2D eigenvalue weighted by Crippen LogP contribution is -2.50. The molecule has 0 radical (unpaired) electrons. The van der Waals surface area contributed by atoms with E-state index in [-0.39, 0.29) is 6.10 Å². The van der Waals surface area contributed by atoms with E-state index in [4.69, 9.17) is 4.74 Å². The summed E-state index contributed by atoms with van der Waals surface area (Å²) in [5.74, 6) is 1.22. The van der Waals surface area contributed by atoms with Gasteiger partial charge in [-0.1, -0.05) is 19.3 Å². The van der Waals surface area contributed by atoms with E-state index in [0.29, 0.717) is 11.4 Å². The zero-order valence-electron chi connectivity index (χ0n) is 10.9. The number of hydrogen-bond donors (Lipinski definition) is 1. The fourth-order valence-electron chi connectivity index (χ4n) is 3.12. The van der Waals surface area contributed by atoms with E-state index in [1.54, 1.807) is 7.11 Å². The molecule has 2 fully saturated rings. The molecule has 17 heavy (non-hydrogen) atoms. The minimum absolute atomic E-state index is 0.330. The molecule has 1 N–H and O–H groups in total. The highest BCUT2D eigenvalue weighted by Gasteiger charge is 2.37. The number of thioether (sulfide) groups is 1. The normalized spacial score (nSPS) is 27.2. The van der Waals surface area contributed by atoms with Crippen LogP contribution in [0.25, 0.3) is 0 Å². The molecule has 1 spiro atoms. The largest absolute Gasteiger partial charge is 0.389 e. The molecule has 0 amide bonds. The van der Waals surface area contributed by atoms with Gasteiger partial charge in [0.1, 0.15) is 0 Å². The van der Waals surface area contributed by atoms with Gasteiger partial charge in [-0.05, 0) is 12.8 Å². The number of nitrogens with zero attached hydrogens (tertiary/aromatic N) is 1. The van der Waals surface area contributed by atoms with E-state index in [1.165, 1.54) is 44.4 Å². The lowest BCUT2D eigenvalue weighted by molar-refractivity contribution is 0.0346. The van der Waals surface area contributed by atoms with E-state index in [9.17, 15) is 5.11 Å². The summed E-state index contributed by atoms with van der Waals surface area (Å²) in [4.78, 5) is 2.44. The van der Waals surface area contributed by atoms with Gasteiger partial charge in [0, 0.05) is 37.2 Å². The third-order valence-electron chi connectivity index (χ3n) is 3.92. The molecule has 1 aliphatic carbocycles. The highest BCUT2D eigenvalue weighted by molar-refractivity contribution is 8.00. The van der Waals surface area contributed by atoms with E-state index in [0.717, 1.165) is 13.1 Å². The Morgan fingerprint density at radius 1 is 1.35 bits per heavy atom. The molecule has 1 atom stereocenters. The minimum Gasteiger partial charge on any atom is -0.389 e. The zero-order valence-corrected chi connectivity index (χ0v) is 11.7. The summed E-state index contributed by atoms with van der Waals surface area (Å²) in [6.45, 7) is 3.51. The SMILES string of the molecule is COC[C@H](O)CN1CCSC2(CCCCC2)C1. The van der Waals surface area contributed by atoms with Gasteiger partial charge in [-0.3, -0.25) is 4.90 Å². The van der Waals surface area contributed by atoms with Crippen LogP contribution in [0.15, 0.2) is 0 Å². The van der Waals surface area contributed by atoms with E-state index in [2.05, 4.69) is 16.7 Å². The molecule has 2 aliphatic rings. The molecular formula is C13H25NO2S. The first-order valence-electron chi connectivity index (χ1n) is 6.77. The van der Waals surface area contributed by atoms with Gasteiger partial charge >= 0.3 is 0 Å². The van der Waals surface area contributed by atoms with Crippen LogP contribution in [0.2, 0.25) is 0 Å². The average Bonchev–Trinajstić information content (AvgIpc) is 2.30. The first-order valence-corrected chi connectivity index (χ1v) is 7.76. The second kappa shape index (κ2) is 6.41. The van der Waals surface area contributed by atoms with Crippen molar-refractivity contribution < 1.29 is 9.84 Å². The van der Waals surface area contributed by atoms with Crippen molar-refractivity contribution in [3.8, 4) is 0 Å². The Labute approximate surface area is 109 Å². The lowest BCUT2D eigenvalue weighted by atomic mass is 9.87. The summed E-state index contributed by atoms with van der Waals surface area (Å²) in [6, 6.07) is 0. The number of ether oxygens (including phenoxy) is 1. The molecule has 2 rings (SSSR count). The fraction of sp³-hybridized carbons (Fsp3) is 1.00. The molecule has 0 bridgehead atoms. The second-order valence-corrected chi connectivity index (χ2v) is 7.00. The molecule has 1 saturated heterocycles. The lowest BCUT2D eigenvalue weighted by Gasteiger charge is -2.45. The summed E-state index contributed by atoms with van der Waals surface area (Å²) >= 11 is 2.18. The Hall–Kier alpha value is 0.230. The van der Waals surface area contributed by atoms with Crippen molar-refractivity contribution in [1.82, 2.24) is 4.90 Å². The van der Waals surface area contributed by atoms with E-state index < -0.39 is 0 Å². The summed E-state index contributed by atoms with van der Waals surface area (Å²) in [5, 5.41) is 9.81. The van der Waals surface area contributed by atoms with Crippen LogP contribution in [0.5, 0.6) is 0 Å². The molecule has 0 aromatic heterocycles. The van der Waals surface area contributed by atoms with Crippen LogP contribution in [-0.4, -0.2) is 60.0 Å². The van der Waals surface area contributed by atoms with Crippen molar-refractivity contribution in [2.75, 3.05) is 39.1 Å². The molecule has 0 aromatic rings. The maximum absolute atomic E-state index is 9.81. The number of rotatable bonds is 4. The number of hydrogen-bond acceptors (Lipinski definition) is 4. The maximum Gasteiger partial charge on any atom is 0.0900 e. The van der Waals surface area contributed by atoms with Crippen LogP contribution in [0.4, 0.5) is 0 Å². The topological polar surface area (TPSA) is 32.7 Å². The smallest absolute Gasteiger partial charge is 0.0900 e. The number of aliphatic hydroxyl groups is 1. The van der Waals surface area contributed by atoms with Gasteiger partial charge in [0.2, 0.25) is 0 Å². The van der Waals surface area contributed by atoms with Gasteiger partial charge in [-0.15, -0.1) is 0 Å². The third kappa shape index (κ3) is 3.85. The number of methoxy groups -OCH3 is 1. The van der Waals surface area contributed by atoms with E-state index in [1.807, 2.05) is 0 Å². The molecule has 100 valence electrons. The summed E-state index contributed by atoms with van der Waals surface area (Å²) < 4.78 is 5.50. The minimum atomic E-state index is -0.330. The van der Waals surface area contributed by atoms with Crippen molar-refractivity contribution in [2.24, 2.45) is 0 Å². The number of β-amino-alcohol motifs (C(OH)–C–C–N with tert-alkyl or cyclic N) is 1. The van der Waals surface area contributed by atoms with Crippen molar-refractivity contribution in [3.05, 3.63) is 0 Å². The Morgan fingerprint density at radius 2 is 2.12 bits per heavy atom. The molecule has 0 unspecified atom stereocenters. The third-order valence-corrected chi connectivity index (χ3v) is 5.46. The van der Waals surface area contributed by atoms with Gasteiger partial charge in [0.05, 0.1) is 12.7 Å². The highest BCUT2D eigenvalue weighted by Crippen LogP contribution is 2.42. The summed E-state index contributed by atoms with van der Waals surface area (Å²) in [6.07, 6.45) is 6.60. The van der Waals surface area contributed by atoms with Gasteiger partial charge in [0.25, 0.3) is 0 Å². The standard InChI is InChI=1S/C13H25NO2S/c1-16-10-12(15)9-14-7-8-17-13(11-14)5-3-2-4-6-13/h12,15H,2-11H2,1H3/t12-/m1/s1. The molecule has 4 heteroatoms. The molecule has 0 aromatic carbocycles.